The number of nitrogens with zero attached hydrogens (tertiary/aromatic N) is 5. The lowest BCUT2D eigenvalue weighted by Crippen LogP contribution is -2.31. The molecule has 26 heavy (non-hydrogen) atoms. The van der Waals surface area contributed by atoms with Gasteiger partial charge in [0.15, 0.2) is 11.5 Å². The van der Waals surface area contributed by atoms with E-state index < -0.39 is 0 Å². The first-order valence-electron chi connectivity index (χ1n) is 8.17. The van der Waals surface area contributed by atoms with Crippen LogP contribution in [-0.4, -0.2) is 45.5 Å². The van der Waals surface area contributed by atoms with E-state index in [1.807, 2.05) is 54.6 Å². The molecule has 0 N–H and O–H groups in total. The number of hydrogen-bond acceptors (Lipinski definition) is 7. The topological polar surface area (TPSA) is 74.4 Å². The minimum Gasteiger partial charge on any atom is -0.493 e. The molecule has 0 spiro atoms. The Morgan fingerprint density at radius 1 is 1.23 bits per heavy atom. The molecule has 0 radical (unpaired) electrons. The largest absolute Gasteiger partial charge is 0.493 e. The molecule has 3 rings (SSSR count). The Hall–Kier alpha value is -2.65. The molecule has 0 aliphatic carbocycles. The second kappa shape index (κ2) is 8.15. The standard InChI is InChI=1S/C17H21N5O3S/c1-4-25-14-8-7-13(10-15(14)24-3)11-20(2)12-21-17(23)22(19-18-21)16-6-5-9-26-16/h5-10H,4,11-12H2,1-3H3. The van der Waals surface area contributed by atoms with Crippen molar-refractivity contribution in [2.24, 2.45) is 0 Å². The molecule has 0 saturated carbocycles. The second-order valence-electron chi connectivity index (χ2n) is 5.70. The first kappa shape index (κ1) is 18.2. The average molecular weight is 375 g/mol. The summed E-state index contributed by atoms with van der Waals surface area (Å²) in [6.07, 6.45) is 0. The normalized spacial score (nSPS) is 11.1. The molecule has 9 heteroatoms. The van der Waals surface area contributed by atoms with Crippen molar-refractivity contribution in [2.75, 3.05) is 20.8 Å². The van der Waals surface area contributed by atoms with Crippen LogP contribution in [-0.2, 0) is 13.2 Å². The van der Waals surface area contributed by atoms with Crippen LogP contribution in [0.4, 0.5) is 0 Å². The van der Waals surface area contributed by atoms with Crippen molar-refractivity contribution in [3.8, 4) is 16.5 Å². The van der Waals surface area contributed by atoms with E-state index in [4.69, 9.17) is 9.47 Å². The van der Waals surface area contributed by atoms with Crippen molar-refractivity contribution in [1.82, 2.24) is 24.7 Å². The van der Waals surface area contributed by atoms with Crippen LogP contribution < -0.4 is 15.2 Å². The maximum absolute atomic E-state index is 12.4. The van der Waals surface area contributed by atoms with Gasteiger partial charge in [0.2, 0.25) is 0 Å². The van der Waals surface area contributed by atoms with Crippen molar-refractivity contribution < 1.29 is 9.47 Å². The first-order chi connectivity index (χ1) is 12.6. The highest BCUT2D eigenvalue weighted by atomic mass is 32.1. The number of hydrogen-bond donors (Lipinski definition) is 0. The number of aromatic nitrogens is 4. The Balaban J connectivity index is 1.70. The lowest BCUT2D eigenvalue weighted by molar-refractivity contribution is 0.239. The smallest absolute Gasteiger partial charge is 0.370 e. The Morgan fingerprint density at radius 2 is 2.08 bits per heavy atom. The molecule has 0 atom stereocenters. The third-order valence-corrected chi connectivity index (χ3v) is 4.55. The zero-order chi connectivity index (χ0) is 18.5. The molecule has 0 aliphatic heterocycles. The SMILES string of the molecule is CCOc1ccc(CN(C)Cn2nnn(-c3cccs3)c2=O)cc1OC. The average Bonchev–Trinajstić information content (AvgIpc) is 3.27. The fraction of sp³-hybridized carbons (Fsp3) is 0.353. The van der Waals surface area contributed by atoms with Crippen LogP contribution in [0.25, 0.3) is 5.00 Å². The van der Waals surface area contributed by atoms with Gasteiger partial charge in [-0.15, -0.1) is 11.3 Å². The number of rotatable bonds is 8. The first-order valence-corrected chi connectivity index (χ1v) is 9.05. The molecule has 0 saturated heterocycles. The van der Waals surface area contributed by atoms with Gasteiger partial charge >= 0.3 is 5.69 Å². The van der Waals surface area contributed by atoms with Gasteiger partial charge in [0.1, 0.15) is 11.7 Å². The summed E-state index contributed by atoms with van der Waals surface area (Å²) in [7, 11) is 3.54. The Bertz CT molecular complexity index is 904. The van der Waals surface area contributed by atoms with Gasteiger partial charge in [-0.25, -0.2) is 4.79 Å². The summed E-state index contributed by atoms with van der Waals surface area (Å²) < 4.78 is 13.6. The van der Waals surface area contributed by atoms with Crippen LogP contribution in [0.1, 0.15) is 12.5 Å². The Kier molecular flexibility index (Phi) is 5.69. The molecule has 0 bridgehead atoms. The number of ether oxygens (including phenoxy) is 2. The highest BCUT2D eigenvalue weighted by molar-refractivity contribution is 7.12. The molecule has 0 aliphatic rings. The van der Waals surface area contributed by atoms with Crippen molar-refractivity contribution >= 4 is 11.3 Å². The van der Waals surface area contributed by atoms with E-state index in [-0.39, 0.29) is 5.69 Å². The van der Waals surface area contributed by atoms with Crippen LogP contribution >= 0.6 is 11.3 Å². The highest BCUT2D eigenvalue weighted by Crippen LogP contribution is 2.28. The van der Waals surface area contributed by atoms with E-state index in [9.17, 15) is 4.79 Å². The molecule has 0 unspecified atom stereocenters. The van der Waals surface area contributed by atoms with Gasteiger partial charge in [-0.1, -0.05) is 6.07 Å². The minimum atomic E-state index is -0.261. The van der Waals surface area contributed by atoms with Crippen molar-refractivity contribution in [3.05, 3.63) is 51.8 Å². The van der Waals surface area contributed by atoms with Gasteiger partial charge in [-0.05, 0) is 59.6 Å². The Morgan fingerprint density at radius 3 is 2.77 bits per heavy atom. The third-order valence-electron chi connectivity index (χ3n) is 3.71. The van der Waals surface area contributed by atoms with E-state index in [0.717, 1.165) is 16.3 Å². The van der Waals surface area contributed by atoms with Gasteiger partial charge < -0.3 is 9.47 Å². The van der Waals surface area contributed by atoms with Crippen molar-refractivity contribution in [1.29, 1.82) is 0 Å². The number of benzene rings is 1. The molecule has 1 aromatic carbocycles. The van der Waals surface area contributed by atoms with Gasteiger partial charge in [0, 0.05) is 6.54 Å². The van der Waals surface area contributed by atoms with Crippen molar-refractivity contribution in [3.63, 3.8) is 0 Å². The van der Waals surface area contributed by atoms with Crippen LogP contribution in [0.15, 0.2) is 40.5 Å². The summed E-state index contributed by atoms with van der Waals surface area (Å²) in [5, 5.41) is 10.6. The van der Waals surface area contributed by atoms with E-state index >= 15 is 0 Å². The summed E-state index contributed by atoms with van der Waals surface area (Å²) >= 11 is 1.44. The predicted octanol–water partition coefficient (Wildman–Crippen LogP) is 1.99. The Labute approximate surface area is 155 Å². The maximum Gasteiger partial charge on any atom is 0.370 e. The van der Waals surface area contributed by atoms with E-state index in [0.29, 0.717) is 25.6 Å². The number of methoxy groups -OCH3 is 1. The van der Waals surface area contributed by atoms with E-state index in [1.165, 1.54) is 20.7 Å². The maximum atomic E-state index is 12.4. The zero-order valence-corrected chi connectivity index (χ0v) is 15.8. The molecule has 8 nitrogen and oxygen atoms in total. The predicted molar refractivity (Wildman–Crippen MR) is 99.1 cm³/mol. The van der Waals surface area contributed by atoms with Crippen LogP contribution in [0.2, 0.25) is 0 Å². The van der Waals surface area contributed by atoms with Crippen LogP contribution in [0.5, 0.6) is 11.5 Å². The molecule has 2 aromatic heterocycles. The molecule has 0 fully saturated rings. The quantitative estimate of drug-likeness (QED) is 0.599. The van der Waals surface area contributed by atoms with Crippen LogP contribution in [0.3, 0.4) is 0 Å². The fourth-order valence-corrected chi connectivity index (χ4v) is 3.24. The summed E-state index contributed by atoms with van der Waals surface area (Å²) in [5.74, 6) is 1.41. The summed E-state index contributed by atoms with van der Waals surface area (Å²) in [5.41, 5.74) is 0.787. The third kappa shape index (κ3) is 3.94. The van der Waals surface area contributed by atoms with Crippen molar-refractivity contribution in [2.45, 2.75) is 20.1 Å². The van der Waals surface area contributed by atoms with Gasteiger partial charge in [-0.3, -0.25) is 4.90 Å². The monoisotopic (exact) mass is 375 g/mol. The summed E-state index contributed by atoms with van der Waals surface area (Å²) in [6, 6.07) is 9.52. The second-order valence-corrected chi connectivity index (χ2v) is 6.62. The van der Waals surface area contributed by atoms with Crippen LogP contribution in [0, 0.1) is 0 Å². The molecule has 3 aromatic rings. The molecule has 0 amide bonds. The molecule has 138 valence electrons. The van der Waals surface area contributed by atoms with Gasteiger partial charge in [-0.2, -0.15) is 9.36 Å². The van der Waals surface area contributed by atoms with Gasteiger partial charge in [0.05, 0.1) is 13.7 Å². The molecule has 2 heterocycles. The van der Waals surface area contributed by atoms with E-state index in [2.05, 4.69) is 10.4 Å². The van der Waals surface area contributed by atoms with E-state index in [1.54, 1.807) is 7.11 Å². The zero-order valence-electron chi connectivity index (χ0n) is 15.0. The number of tetrazole rings is 1. The highest BCUT2D eigenvalue weighted by Gasteiger charge is 2.12. The number of thiophene rings is 1. The lowest BCUT2D eigenvalue weighted by atomic mass is 10.2. The molecular weight excluding hydrogens is 354 g/mol. The van der Waals surface area contributed by atoms with Gasteiger partial charge in [0.25, 0.3) is 0 Å². The minimum absolute atomic E-state index is 0.261. The summed E-state index contributed by atoms with van der Waals surface area (Å²) in [4.78, 5) is 14.4. The lowest BCUT2D eigenvalue weighted by Gasteiger charge is -2.17. The summed E-state index contributed by atoms with van der Waals surface area (Å²) in [6.45, 7) is 3.47. The molecular formula is C17H21N5O3S. The fourth-order valence-electron chi connectivity index (χ4n) is 2.57.